The van der Waals surface area contributed by atoms with Crippen LogP contribution in [-0.2, 0) is 6.54 Å². The van der Waals surface area contributed by atoms with Crippen molar-refractivity contribution >= 4 is 15.9 Å². The maximum Gasteiger partial charge on any atom is 0.120 e. The van der Waals surface area contributed by atoms with Gasteiger partial charge in [-0.25, -0.2) is 0 Å². The van der Waals surface area contributed by atoms with E-state index in [-0.39, 0.29) is 0 Å². The molecule has 0 aliphatic heterocycles. The highest BCUT2D eigenvalue weighted by Crippen LogP contribution is 2.29. The highest BCUT2D eigenvalue weighted by Gasteiger charge is 2.22. The molecule has 100 valence electrons. The molecule has 1 aliphatic carbocycles. The molecule has 0 amide bonds. The van der Waals surface area contributed by atoms with Crippen molar-refractivity contribution in [2.24, 2.45) is 5.92 Å². The lowest BCUT2D eigenvalue weighted by Crippen LogP contribution is -2.35. The molecule has 1 aliphatic rings. The largest absolute Gasteiger partial charge is 0.508 e. The van der Waals surface area contributed by atoms with Crippen LogP contribution in [0.2, 0.25) is 0 Å². The first-order valence-electron chi connectivity index (χ1n) is 6.74. The van der Waals surface area contributed by atoms with Gasteiger partial charge in [0.2, 0.25) is 0 Å². The van der Waals surface area contributed by atoms with Crippen LogP contribution < -0.4 is 0 Å². The van der Waals surface area contributed by atoms with Gasteiger partial charge in [-0.2, -0.15) is 0 Å². The van der Waals surface area contributed by atoms with Crippen LogP contribution >= 0.6 is 15.9 Å². The van der Waals surface area contributed by atoms with E-state index in [1.54, 1.807) is 6.07 Å². The van der Waals surface area contributed by atoms with Crippen molar-refractivity contribution in [1.82, 2.24) is 4.90 Å². The second-order valence-corrected chi connectivity index (χ2v) is 6.53. The van der Waals surface area contributed by atoms with E-state index in [9.17, 15) is 5.11 Å². The molecular formula is C15H22BrNO. The Hall–Kier alpha value is -0.540. The predicted molar refractivity (Wildman–Crippen MR) is 78.7 cm³/mol. The van der Waals surface area contributed by atoms with E-state index in [1.807, 2.05) is 12.1 Å². The molecule has 2 nitrogen and oxygen atoms in total. The minimum absolute atomic E-state index is 0.397. The Bertz CT molecular complexity index is 407. The van der Waals surface area contributed by atoms with Crippen molar-refractivity contribution in [2.75, 3.05) is 7.05 Å². The number of hydrogen-bond donors (Lipinski definition) is 1. The van der Waals surface area contributed by atoms with E-state index >= 15 is 0 Å². The van der Waals surface area contributed by atoms with Crippen LogP contribution in [0.25, 0.3) is 0 Å². The van der Waals surface area contributed by atoms with Gasteiger partial charge in [-0.05, 0) is 44.0 Å². The first-order valence-corrected chi connectivity index (χ1v) is 7.53. The summed E-state index contributed by atoms with van der Waals surface area (Å²) in [5.74, 6) is 1.23. The molecule has 2 atom stereocenters. The average molecular weight is 312 g/mol. The molecular weight excluding hydrogens is 290 g/mol. The molecule has 3 heteroatoms. The molecule has 0 bridgehead atoms. The fourth-order valence-corrected chi connectivity index (χ4v) is 3.29. The van der Waals surface area contributed by atoms with Gasteiger partial charge in [0.05, 0.1) is 0 Å². The lowest BCUT2D eigenvalue weighted by molar-refractivity contribution is 0.156. The zero-order valence-electron chi connectivity index (χ0n) is 11.2. The fraction of sp³-hybridized carbons (Fsp3) is 0.600. The molecule has 0 heterocycles. The van der Waals surface area contributed by atoms with Crippen LogP contribution in [0, 0.1) is 5.92 Å². The van der Waals surface area contributed by atoms with Gasteiger partial charge in [-0.1, -0.05) is 35.7 Å². The molecule has 0 spiro atoms. The minimum Gasteiger partial charge on any atom is -0.508 e. The first-order chi connectivity index (χ1) is 8.56. The van der Waals surface area contributed by atoms with Crippen LogP contribution in [0.15, 0.2) is 22.7 Å². The summed E-state index contributed by atoms with van der Waals surface area (Å²) in [5.41, 5.74) is 1.00. The Labute approximate surface area is 118 Å². The average Bonchev–Trinajstić information content (AvgIpc) is 2.34. The number of rotatable bonds is 3. The van der Waals surface area contributed by atoms with Gasteiger partial charge in [0.1, 0.15) is 5.75 Å². The topological polar surface area (TPSA) is 23.5 Å². The van der Waals surface area contributed by atoms with Crippen LogP contribution in [-0.4, -0.2) is 23.1 Å². The number of phenolic OH excluding ortho intramolecular Hbond substituents is 1. The summed E-state index contributed by atoms with van der Waals surface area (Å²) in [6.45, 7) is 3.17. The van der Waals surface area contributed by atoms with Crippen molar-refractivity contribution < 1.29 is 5.11 Å². The Morgan fingerprint density at radius 1 is 1.39 bits per heavy atom. The molecule has 1 fully saturated rings. The van der Waals surface area contributed by atoms with Gasteiger partial charge >= 0.3 is 0 Å². The summed E-state index contributed by atoms with van der Waals surface area (Å²) < 4.78 is 1.03. The standard InChI is InChI=1S/C15H22BrNO/c1-11-4-3-5-14(8-11)17(2)10-12-9-13(16)6-7-15(12)18/h6-7,9,11,14,18H,3-5,8,10H2,1-2H3. The van der Waals surface area contributed by atoms with Crippen molar-refractivity contribution in [1.29, 1.82) is 0 Å². The third kappa shape index (κ3) is 3.48. The second kappa shape index (κ2) is 6.07. The summed E-state index contributed by atoms with van der Waals surface area (Å²) >= 11 is 3.46. The lowest BCUT2D eigenvalue weighted by atomic mass is 9.86. The molecule has 1 saturated carbocycles. The van der Waals surface area contributed by atoms with E-state index in [4.69, 9.17) is 0 Å². The summed E-state index contributed by atoms with van der Waals surface area (Å²) in [7, 11) is 2.17. The molecule has 0 saturated heterocycles. The molecule has 18 heavy (non-hydrogen) atoms. The molecule has 1 N–H and O–H groups in total. The number of aromatic hydroxyl groups is 1. The fourth-order valence-electron chi connectivity index (χ4n) is 2.88. The van der Waals surface area contributed by atoms with Crippen LogP contribution in [0.5, 0.6) is 5.75 Å². The van der Waals surface area contributed by atoms with Gasteiger partial charge in [0.25, 0.3) is 0 Å². The SMILES string of the molecule is CC1CCCC(N(C)Cc2cc(Br)ccc2O)C1. The molecule has 2 rings (SSSR count). The predicted octanol–water partition coefficient (Wildman–Crippen LogP) is 4.17. The van der Waals surface area contributed by atoms with E-state index in [2.05, 4.69) is 34.8 Å². The Kier molecular flexibility index (Phi) is 4.68. The van der Waals surface area contributed by atoms with E-state index < -0.39 is 0 Å². The highest BCUT2D eigenvalue weighted by atomic mass is 79.9. The molecule has 0 aromatic heterocycles. The summed E-state index contributed by atoms with van der Waals surface area (Å²) in [6, 6.07) is 6.31. The van der Waals surface area contributed by atoms with Gasteiger partial charge < -0.3 is 5.11 Å². The summed E-state index contributed by atoms with van der Waals surface area (Å²) in [4.78, 5) is 2.39. The van der Waals surface area contributed by atoms with Crippen LogP contribution in [0.4, 0.5) is 0 Å². The third-order valence-corrected chi connectivity index (χ3v) is 4.49. The lowest BCUT2D eigenvalue weighted by Gasteiger charge is -2.34. The molecule has 2 unspecified atom stereocenters. The second-order valence-electron chi connectivity index (χ2n) is 5.61. The smallest absolute Gasteiger partial charge is 0.120 e. The third-order valence-electron chi connectivity index (χ3n) is 3.99. The maximum absolute atomic E-state index is 9.89. The number of halogens is 1. The van der Waals surface area contributed by atoms with E-state index in [0.29, 0.717) is 11.8 Å². The Morgan fingerprint density at radius 2 is 2.17 bits per heavy atom. The van der Waals surface area contributed by atoms with Crippen molar-refractivity contribution in [3.63, 3.8) is 0 Å². The highest BCUT2D eigenvalue weighted by molar-refractivity contribution is 9.10. The van der Waals surface area contributed by atoms with Crippen molar-refractivity contribution in [2.45, 2.75) is 45.2 Å². The van der Waals surface area contributed by atoms with Gasteiger partial charge in [0.15, 0.2) is 0 Å². The van der Waals surface area contributed by atoms with Crippen LogP contribution in [0.3, 0.4) is 0 Å². The van der Waals surface area contributed by atoms with E-state index in [0.717, 1.165) is 22.5 Å². The normalized spacial score (nSPS) is 24.4. The van der Waals surface area contributed by atoms with Gasteiger partial charge in [-0.15, -0.1) is 0 Å². The Balaban J connectivity index is 2.01. The first kappa shape index (κ1) is 13.9. The molecule has 0 radical (unpaired) electrons. The molecule has 1 aromatic rings. The minimum atomic E-state index is 0.397. The molecule has 1 aromatic carbocycles. The number of benzene rings is 1. The zero-order chi connectivity index (χ0) is 13.1. The number of nitrogens with zero attached hydrogens (tertiary/aromatic N) is 1. The number of phenols is 1. The quantitative estimate of drug-likeness (QED) is 0.905. The van der Waals surface area contributed by atoms with Crippen LogP contribution in [0.1, 0.15) is 38.2 Å². The van der Waals surface area contributed by atoms with Crippen molar-refractivity contribution in [3.05, 3.63) is 28.2 Å². The number of hydrogen-bond acceptors (Lipinski definition) is 2. The van der Waals surface area contributed by atoms with Crippen molar-refractivity contribution in [3.8, 4) is 5.75 Å². The Morgan fingerprint density at radius 3 is 2.89 bits per heavy atom. The monoisotopic (exact) mass is 311 g/mol. The maximum atomic E-state index is 9.89. The van der Waals surface area contributed by atoms with Gasteiger partial charge in [0, 0.05) is 22.6 Å². The zero-order valence-corrected chi connectivity index (χ0v) is 12.8. The summed E-state index contributed by atoms with van der Waals surface area (Å²) in [5, 5.41) is 9.89. The summed E-state index contributed by atoms with van der Waals surface area (Å²) in [6.07, 6.45) is 5.27. The van der Waals surface area contributed by atoms with Gasteiger partial charge in [-0.3, -0.25) is 4.90 Å². The van der Waals surface area contributed by atoms with E-state index in [1.165, 1.54) is 25.7 Å².